The van der Waals surface area contributed by atoms with Crippen LogP contribution in [0.3, 0.4) is 0 Å². The standard InChI is InChI=1S/C22H30N4O3/c1-23-21(25-19-17-7-10-29-20(17)22(19)8-4-9-22)24-14-11-18(27)26(13-14)15-5-3-6-16(12-15)28-2/h3,5-6,12,14,17,19-20H,4,7-11,13H2,1-2H3,(H2,23,24,25). The molecule has 4 fully saturated rings. The third-order valence-electron chi connectivity index (χ3n) is 7.38. The number of aliphatic imine (C=N–C) groups is 1. The third-order valence-corrected chi connectivity index (χ3v) is 7.38. The van der Waals surface area contributed by atoms with Crippen molar-refractivity contribution in [1.82, 2.24) is 10.6 Å². The quantitative estimate of drug-likeness (QED) is 0.599. The predicted octanol–water partition coefficient (Wildman–Crippen LogP) is 1.92. The zero-order valence-electron chi connectivity index (χ0n) is 17.2. The van der Waals surface area contributed by atoms with Crippen LogP contribution in [0.15, 0.2) is 29.3 Å². The van der Waals surface area contributed by atoms with E-state index >= 15 is 0 Å². The molecule has 1 aromatic carbocycles. The van der Waals surface area contributed by atoms with Crippen LogP contribution in [0.2, 0.25) is 0 Å². The fourth-order valence-electron chi connectivity index (χ4n) is 5.80. The Morgan fingerprint density at radius 2 is 2.21 bits per heavy atom. The molecule has 4 aliphatic rings. The minimum absolute atomic E-state index is 0.0351. The van der Waals surface area contributed by atoms with Crippen molar-refractivity contribution in [2.24, 2.45) is 16.3 Å². The number of guanidine groups is 1. The van der Waals surface area contributed by atoms with Crippen molar-refractivity contribution in [2.75, 3.05) is 32.2 Å². The van der Waals surface area contributed by atoms with Crippen molar-refractivity contribution in [3.05, 3.63) is 24.3 Å². The van der Waals surface area contributed by atoms with E-state index in [0.29, 0.717) is 36.4 Å². The number of nitrogens with zero attached hydrogens (tertiary/aromatic N) is 2. The second-order valence-electron chi connectivity index (χ2n) is 8.78. The van der Waals surface area contributed by atoms with Gasteiger partial charge < -0.3 is 25.0 Å². The molecule has 4 unspecified atom stereocenters. The maximum Gasteiger partial charge on any atom is 0.229 e. The molecule has 2 heterocycles. The van der Waals surface area contributed by atoms with Crippen molar-refractivity contribution in [3.8, 4) is 5.75 Å². The lowest BCUT2D eigenvalue weighted by molar-refractivity contribution is -0.171. The number of benzene rings is 1. The molecule has 0 aromatic heterocycles. The highest BCUT2D eigenvalue weighted by Crippen LogP contribution is 2.62. The highest BCUT2D eigenvalue weighted by Gasteiger charge is 2.66. The molecule has 2 N–H and O–H groups in total. The molecule has 4 atom stereocenters. The Hall–Kier alpha value is -2.28. The Morgan fingerprint density at radius 3 is 2.93 bits per heavy atom. The van der Waals surface area contributed by atoms with Crippen LogP contribution in [0.5, 0.6) is 5.75 Å². The van der Waals surface area contributed by atoms with Gasteiger partial charge in [-0.1, -0.05) is 12.5 Å². The monoisotopic (exact) mass is 398 g/mol. The van der Waals surface area contributed by atoms with Gasteiger partial charge in [0.15, 0.2) is 5.96 Å². The minimum atomic E-state index is 0.0351. The fraction of sp³-hybridized carbons (Fsp3) is 0.636. The number of carbonyl (C=O) groups is 1. The molecule has 2 aliphatic carbocycles. The summed E-state index contributed by atoms with van der Waals surface area (Å²) in [5.41, 5.74) is 1.18. The second kappa shape index (κ2) is 7.20. The summed E-state index contributed by atoms with van der Waals surface area (Å²) in [6, 6.07) is 8.12. The first-order chi connectivity index (χ1) is 14.1. The average molecular weight is 399 g/mol. The molecular formula is C22H30N4O3. The van der Waals surface area contributed by atoms with Gasteiger partial charge in [-0.3, -0.25) is 9.79 Å². The van der Waals surface area contributed by atoms with E-state index in [1.165, 1.54) is 19.3 Å². The van der Waals surface area contributed by atoms with E-state index in [-0.39, 0.29) is 11.9 Å². The lowest BCUT2D eigenvalue weighted by Gasteiger charge is -2.63. The number of nitrogens with one attached hydrogen (secondary N) is 2. The van der Waals surface area contributed by atoms with E-state index in [1.807, 2.05) is 29.2 Å². The molecule has 5 rings (SSSR count). The first kappa shape index (κ1) is 18.7. The van der Waals surface area contributed by atoms with Crippen LogP contribution < -0.4 is 20.3 Å². The zero-order valence-corrected chi connectivity index (χ0v) is 17.2. The summed E-state index contributed by atoms with van der Waals surface area (Å²) in [6.07, 6.45) is 5.81. The van der Waals surface area contributed by atoms with Crippen LogP contribution in [0, 0.1) is 11.3 Å². The molecule has 7 heteroatoms. The van der Waals surface area contributed by atoms with Crippen LogP contribution in [-0.2, 0) is 9.53 Å². The fourth-order valence-corrected chi connectivity index (χ4v) is 5.80. The van der Waals surface area contributed by atoms with Crippen LogP contribution in [0.4, 0.5) is 5.69 Å². The largest absolute Gasteiger partial charge is 0.497 e. The number of amides is 1. The first-order valence-electron chi connectivity index (χ1n) is 10.7. The van der Waals surface area contributed by atoms with Gasteiger partial charge in [0.1, 0.15) is 5.75 Å². The van der Waals surface area contributed by atoms with Crippen molar-refractivity contribution in [3.63, 3.8) is 0 Å². The van der Waals surface area contributed by atoms with Crippen LogP contribution in [-0.4, -0.2) is 57.4 Å². The Labute approximate surface area is 171 Å². The molecule has 2 saturated carbocycles. The first-order valence-corrected chi connectivity index (χ1v) is 10.7. The number of ether oxygens (including phenoxy) is 2. The molecular weight excluding hydrogens is 368 g/mol. The topological polar surface area (TPSA) is 75.2 Å². The van der Waals surface area contributed by atoms with Gasteiger partial charge in [0, 0.05) is 55.7 Å². The van der Waals surface area contributed by atoms with E-state index in [2.05, 4.69) is 15.6 Å². The van der Waals surface area contributed by atoms with Gasteiger partial charge in [0.25, 0.3) is 0 Å². The molecule has 1 amide bonds. The van der Waals surface area contributed by atoms with Crippen molar-refractivity contribution in [2.45, 2.75) is 50.3 Å². The molecule has 0 bridgehead atoms. The smallest absolute Gasteiger partial charge is 0.229 e. The van der Waals surface area contributed by atoms with Crippen molar-refractivity contribution >= 4 is 17.6 Å². The van der Waals surface area contributed by atoms with Crippen LogP contribution in [0.1, 0.15) is 32.1 Å². The van der Waals surface area contributed by atoms with Gasteiger partial charge in [-0.25, -0.2) is 0 Å². The summed E-state index contributed by atoms with van der Waals surface area (Å²) in [6.45, 7) is 1.51. The number of carbonyl (C=O) groups excluding carboxylic acids is 1. The molecule has 156 valence electrons. The number of hydrogen-bond acceptors (Lipinski definition) is 4. The summed E-state index contributed by atoms with van der Waals surface area (Å²) in [5, 5.41) is 7.18. The number of hydrogen-bond donors (Lipinski definition) is 2. The predicted molar refractivity (Wildman–Crippen MR) is 111 cm³/mol. The van der Waals surface area contributed by atoms with Gasteiger partial charge in [0.05, 0.1) is 19.3 Å². The summed E-state index contributed by atoms with van der Waals surface area (Å²) < 4.78 is 11.3. The van der Waals surface area contributed by atoms with Gasteiger partial charge in [0.2, 0.25) is 5.91 Å². The lowest BCUT2D eigenvalue weighted by atomic mass is 9.46. The zero-order chi connectivity index (χ0) is 20.0. The van der Waals surface area contributed by atoms with E-state index in [1.54, 1.807) is 14.2 Å². The molecule has 7 nitrogen and oxygen atoms in total. The van der Waals surface area contributed by atoms with Crippen LogP contribution >= 0.6 is 0 Å². The van der Waals surface area contributed by atoms with E-state index in [9.17, 15) is 4.79 Å². The number of fused-ring (bicyclic) bond motifs is 2. The van der Waals surface area contributed by atoms with E-state index in [4.69, 9.17) is 9.47 Å². The van der Waals surface area contributed by atoms with Crippen molar-refractivity contribution < 1.29 is 14.3 Å². The highest BCUT2D eigenvalue weighted by atomic mass is 16.5. The van der Waals surface area contributed by atoms with Gasteiger partial charge in [-0.05, 0) is 31.4 Å². The highest BCUT2D eigenvalue weighted by molar-refractivity contribution is 5.97. The Kier molecular flexibility index (Phi) is 4.65. The summed E-state index contributed by atoms with van der Waals surface area (Å²) >= 11 is 0. The van der Waals surface area contributed by atoms with Crippen LogP contribution in [0.25, 0.3) is 0 Å². The maximum absolute atomic E-state index is 12.6. The maximum atomic E-state index is 12.6. The third kappa shape index (κ3) is 2.98. The summed E-state index contributed by atoms with van der Waals surface area (Å²) in [4.78, 5) is 18.9. The normalized spacial score (nSPS) is 32.6. The number of methoxy groups -OCH3 is 1. The second-order valence-corrected chi connectivity index (χ2v) is 8.78. The van der Waals surface area contributed by atoms with E-state index < -0.39 is 0 Å². The Morgan fingerprint density at radius 1 is 1.34 bits per heavy atom. The summed E-state index contributed by atoms with van der Waals surface area (Å²) in [5.74, 6) is 2.27. The van der Waals surface area contributed by atoms with Gasteiger partial charge in [-0.15, -0.1) is 0 Å². The Bertz CT molecular complexity index is 822. The molecule has 0 radical (unpaired) electrons. The minimum Gasteiger partial charge on any atom is -0.497 e. The lowest BCUT2D eigenvalue weighted by Crippen LogP contribution is -2.72. The van der Waals surface area contributed by atoms with Gasteiger partial charge >= 0.3 is 0 Å². The molecule has 1 aromatic rings. The summed E-state index contributed by atoms with van der Waals surface area (Å²) in [7, 11) is 3.45. The Balaban J connectivity index is 1.23. The molecule has 29 heavy (non-hydrogen) atoms. The molecule has 2 aliphatic heterocycles. The number of rotatable bonds is 4. The van der Waals surface area contributed by atoms with Crippen molar-refractivity contribution in [1.29, 1.82) is 0 Å². The average Bonchev–Trinajstić information content (AvgIpc) is 3.28. The van der Waals surface area contributed by atoms with E-state index in [0.717, 1.165) is 30.4 Å². The van der Waals surface area contributed by atoms with Gasteiger partial charge in [-0.2, -0.15) is 0 Å². The molecule has 1 spiro atoms. The molecule has 2 saturated heterocycles. The number of anilines is 1. The SMILES string of the molecule is CN=C(NC1CC(=O)N(c2cccc(OC)c2)C1)NC1C2CCOC2C12CCC2.